The fraction of sp³-hybridized carbons (Fsp3) is 0.500. The van der Waals surface area contributed by atoms with Crippen molar-refractivity contribution in [1.82, 2.24) is 4.72 Å². The van der Waals surface area contributed by atoms with Gasteiger partial charge in [0.05, 0.1) is 4.34 Å². The average Bonchev–Trinajstić information content (AvgIpc) is 2.60. The van der Waals surface area contributed by atoms with Gasteiger partial charge in [-0.3, -0.25) is 0 Å². The van der Waals surface area contributed by atoms with Crippen molar-refractivity contribution in [1.29, 1.82) is 0 Å². The zero-order valence-corrected chi connectivity index (χ0v) is 11.0. The first-order valence-electron chi connectivity index (χ1n) is 4.37. The first-order chi connectivity index (χ1) is 7.06. The predicted molar refractivity (Wildman–Crippen MR) is 64.5 cm³/mol. The molecule has 7 heteroatoms. The maximum Gasteiger partial charge on any atom is 0.250 e. The Morgan fingerprint density at radius 2 is 2.07 bits per heavy atom. The zero-order chi connectivity index (χ0) is 11.3. The molecule has 1 aromatic rings. The standard InChI is InChI=1S/C8H11Cl2NO2S2/c9-5-1-2-6-11-15(12,13)8-4-3-7(10)14-8/h3-4,11H,1-2,5-6H2. The summed E-state index contributed by atoms with van der Waals surface area (Å²) in [5.74, 6) is 0.548. The lowest BCUT2D eigenvalue weighted by Gasteiger charge is -2.03. The molecule has 1 heterocycles. The second-order valence-corrected chi connectivity index (χ2v) is 6.94. The molecule has 86 valence electrons. The summed E-state index contributed by atoms with van der Waals surface area (Å²) in [6, 6.07) is 3.07. The highest BCUT2D eigenvalue weighted by molar-refractivity contribution is 7.91. The van der Waals surface area contributed by atoms with E-state index in [0.29, 0.717) is 16.8 Å². The molecule has 0 aliphatic heterocycles. The molecular formula is C8H11Cl2NO2S2. The van der Waals surface area contributed by atoms with E-state index in [4.69, 9.17) is 23.2 Å². The number of alkyl halides is 1. The molecule has 15 heavy (non-hydrogen) atoms. The molecule has 1 rings (SSSR count). The topological polar surface area (TPSA) is 46.2 Å². The second kappa shape index (κ2) is 6.06. The summed E-state index contributed by atoms with van der Waals surface area (Å²) in [6.07, 6.45) is 1.54. The third kappa shape index (κ3) is 4.28. The van der Waals surface area contributed by atoms with E-state index in [-0.39, 0.29) is 4.21 Å². The van der Waals surface area contributed by atoms with Gasteiger partial charge in [-0.15, -0.1) is 22.9 Å². The van der Waals surface area contributed by atoms with Crippen LogP contribution in [-0.2, 0) is 10.0 Å². The molecule has 0 unspecified atom stereocenters. The van der Waals surface area contributed by atoms with E-state index < -0.39 is 10.0 Å². The number of unbranched alkanes of at least 4 members (excludes halogenated alkanes) is 1. The number of rotatable bonds is 6. The maximum atomic E-state index is 11.6. The molecule has 3 nitrogen and oxygen atoms in total. The first-order valence-corrected chi connectivity index (χ1v) is 7.58. The van der Waals surface area contributed by atoms with Crippen LogP contribution in [0.1, 0.15) is 12.8 Å². The SMILES string of the molecule is O=S(=O)(NCCCCCl)c1ccc(Cl)s1. The summed E-state index contributed by atoms with van der Waals surface area (Å²) >= 11 is 12.2. The van der Waals surface area contributed by atoms with Crippen molar-refractivity contribution in [3.8, 4) is 0 Å². The Hall–Kier alpha value is 0.190. The van der Waals surface area contributed by atoms with Crippen LogP contribution < -0.4 is 4.72 Å². The zero-order valence-electron chi connectivity index (χ0n) is 7.87. The lowest BCUT2D eigenvalue weighted by molar-refractivity contribution is 0.580. The van der Waals surface area contributed by atoms with Gasteiger partial charge in [0.1, 0.15) is 4.21 Å². The molecule has 0 amide bonds. The van der Waals surface area contributed by atoms with Crippen molar-refractivity contribution in [3.63, 3.8) is 0 Å². The van der Waals surface area contributed by atoms with Crippen molar-refractivity contribution < 1.29 is 8.42 Å². The van der Waals surface area contributed by atoms with Gasteiger partial charge in [-0.05, 0) is 25.0 Å². The van der Waals surface area contributed by atoms with Crippen molar-refractivity contribution >= 4 is 44.6 Å². The summed E-state index contributed by atoms with van der Waals surface area (Å²) in [4.78, 5) is 0. The van der Waals surface area contributed by atoms with E-state index in [0.717, 1.165) is 24.2 Å². The van der Waals surface area contributed by atoms with Gasteiger partial charge in [-0.2, -0.15) is 0 Å². The Morgan fingerprint density at radius 3 is 2.60 bits per heavy atom. The van der Waals surface area contributed by atoms with Crippen LogP contribution in [0, 0.1) is 0 Å². The van der Waals surface area contributed by atoms with Gasteiger partial charge < -0.3 is 0 Å². The summed E-state index contributed by atoms with van der Waals surface area (Å²) in [5.41, 5.74) is 0. The fourth-order valence-corrected chi connectivity index (χ4v) is 3.73. The lowest BCUT2D eigenvalue weighted by Crippen LogP contribution is -2.24. The van der Waals surface area contributed by atoms with Crippen molar-refractivity contribution in [2.45, 2.75) is 17.1 Å². The van der Waals surface area contributed by atoms with Crippen molar-refractivity contribution in [2.24, 2.45) is 0 Å². The van der Waals surface area contributed by atoms with Crippen LogP contribution in [0.25, 0.3) is 0 Å². The number of halogens is 2. The highest BCUT2D eigenvalue weighted by Gasteiger charge is 2.15. The van der Waals surface area contributed by atoms with Crippen molar-refractivity contribution in [3.05, 3.63) is 16.5 Å². The van der Waals surface area contributed by atoms with Crippen LogP contribution in [0.2, 0.25) is 4.34 Å². The molecule has 0 fully saturated rings. The second-order valence-electron chi connectivity index (χ2n) is 2.85. The number of sulfonamides is 1. The Bertz CT molecular complexity index is 403. The highest BCUT2D eigenvalue weighted by Crippen LogP contribution is 2.25. The van der Waals surface area contributed by atoms with Gasteiger partial charge in [0.2, 0.25) is 10.0 Å². The van der Waals surface area contributed by atoms with E-state index in [1.165, 1.54) is 6.07 Å². The molecule has 0 saturated carbocycles. The molecule has 0 saturated heterocycles. The van der Waals surface area contributed by atoms with E-state index in [1.54, 1.807) is 6.07 Å². The van der Waals surface area contributed by atoms with Gasteiger partial charge in [-0.25, -0.2) is 13.1 Å². The van der Waals surface area contributed by atoms with E-state index >= 15 is 0 Å². The molecule has 0 aliphatic rings. The van der Waals surface area contributed by atoms with Gasteiger partial charge in [-0.1, -0.05) is 11.6 Å². The largest absolute Gasteiger partial charge is 0.250 e. The third-order valence-corrected chi connectivity index (χ3v) is 5.12. The number of nitrogens with one attached hydrogen (secondary N) is 1. The van der Waals surface area contributed by atoms with Gasteiger partial charge in [0.15, 0.2) is 0 Å². The van der Waals surface area contributed by atoms with Gasteiger partial charge in [0, 0.05) is 12.4 Å². The highest BCUT2D eigenvalue weighted by atomic mass is 35.5. The number of hydrogen-bond acceptors (Lipinski definition) is 3. The smallest absolute Gasteiger partial charge is 0.210 e. The molecular weight excluding hydrogens is 277 g/mol. The molecule has 0 aliphatic carbocycles. The minimum Gasteiger partial charge on any atom is -0.210 e. The molecule has 0 bridgehead atoms. The molecule has 0 aromatic carbocycles. The number of hydrogen-bond donors (Lipinski definition) is 1. The van der Waals surface area contributed by atoms with Gasteiger partial charge >= 0.3 is 0 Å². The Labute approximate surface area is 103 Å². The van der Waals surface area contributed by atoms with E-state index in [2.05, 4.69) is 4.72 Å². The van der Waals surface area contributed by atoms with E-state index in [1.807, 2.05) is 0 Å². The Kier molecular flexibility index (Phi) is 5.35. The van der Waals surface area contributed by atoms with Crippen LogP contribution in [0.15, 0.2) is 16.3 Å². The summed E-state index contributed by atoms with van der Waals surface area (Å²) in [6.45, 7) is 0.407. The number of thiophene rings is 1. The molecule has 0 atom stereocenters. The molecule has 0 radical (unpaired) electrons. The van der Waals surface area contributed by atoms with Crippen LogP contribution in [-0.4, -0.2) is 20.8 Å². The summed E-state index contributed by atoms with van der Waals surface area (Å²) in [5, 5.41) is 0. The molecule has 1 N–H and O–H groups in total. The van der Waals surface area contributed by atoms with Crippen LogP contribution in [0.5, 0.6) is 0 Å². The Morgan fingerprint density at radius 1 is 1.33 bits per heavy atom. The monoisotopic (exact) mass is 287 g/mol. The quantitative estimate of drug-likeness (QED) is 0.646. The summed E-state index contributed by atoms with van der Waals surface area (Å²) in [7, 11) is -3.38. The average molecular weight is 288 g/mol. The first kappa shape index (κ1) is 13.3. The predicted octanol–water partition coefficient (Wildman–Crippen LogP) is 2.70. The van der Waals surface area contributed by atoms with E-state index in [9.17, 15) is 8.42 Å². The van der Waals surface area contributed by atoms with Crippen LogP contribution >= 0.6 is 34.5 Å². The molecule has 1 aromatic heterocycles. The fourth-order valence-electron chi connectivity index (χ4n) is 0.939. The van der Waals surface area contributed by atoms with Crippen LogP contribution in [0.3, 0.4) is 0 Å². The van der Waals surface area contributed by atoms with Crippen LogP contribution in [0.4, 0.5) is 0 Å². The normalized spacial score (nSPS) is 11.9. The van der Waals surface area contributed by atoms with Crippen molar-refractivity contribution in [2.75, 3.05) is 12.4 Å². The lowest BCUT2D eigenvalue weighted by atomic mass is 10.3. The third-order valence-electron chi connectivity index (χ3n) is 1.67. The Balaban J connectivity index is 2.53. The van der Waals surface area contributed by atoms with Gasteiger partial charge in [0.25, 0.3) is 0 Å². The minimum absolute atomic E-state index is 0.248. The summed E-state index contributed by atoms with van der Waals surface area (Å²) < 4.78 is 26.4. The maximum absolute atomic E-state index is 11.6. The minimum atomic E-state index is -3.38. The molecule has 0 spiro atoms.